The van der Waals surface area contributed by atoms with Gasteiger partial charge in [-0.25, -0.2) is 0 Å². The molecular formula is C56H98O6. The van der Waals surface area contributed by atoms with E-state index in [4.69, 9.17) is 14.2 Å². The van der Waals surface area contributed by atoms with Gasteiger partial charge in [0.15, 0.2) is 6.10 Å². The van der Waals surface area contributed by atoms with Crippen molar-refractivity contribution in [3.05, 3.63) is 60.8 Å². The van der Waals surface area contributed by atoms with Crippen molar-refractivity contribution >= 4 is 17.9 Å². The van der Waals surface area contributed by atoms with Crippen molar-refractivity contribution in [3.63, 3.8) is 0 Å². The van der Waals surface area contributed by atoms with Crippen molar-refractivity contribution in [1.82, 2.24) is 0 Å². The molecule has 0 aromatic rings. The summed E-state index contributed by atoms with van der Waals surface area (Å²) in [5, 5.41) is 0. The van der Waals surface area contributed by atoms with Gasteiger partial charge in [0.25, 0.3) is 0 Å². The Morgan fingerprint density at radius 2 is 0.629 bits per heavy atom. The van der Waals surface area contributed by atoms with Gasteiger partial charge in [-0.2, -0.15) is 0 Å². The summed E-state index contributed by atoms with van der Waals surface area (Å²) < 4.78 is 16.8. The molecule has 0 bridgehead atoms. The predicted molar refractivity (Wildman–Crippen MR) is 265 cm³/mol. The van der Waals surface area contributed by atoms with Crippen molar-refractivity contribution < 1.29 is 28.6 Å². The smallest absolute Gasteiger partial charge is 0.306 e. The Balaban J connectivity index is 4.39. The minimum absolute atomic E-state index is 0.0844. The molecule has 6 heteroatoms. The maximum Gasteiger partial charge on any atom is 0.306 e. The number of ether oxygens (including phenoxy) is 3. The quantitative estimate of drug-likeness (QED) is 0.0262. The number of hydrogen-bond acceptors (Lipinski definition) is 6. The molecule has 0 heterocycles. The van der Waals surface area contributed by atoms with Gasteiger partial charge >= 0.3 is 17.9 Å². The van der Waals surface area contributed by atoms with Gasteiger partial charge in [-0.1, -0.05) is 197 Å². The van der Waals surface area contributed by atoms with E-state index in [0.717, 1.165) is 103 Å². The van der Waals surface area contributed by atoms with Gasteiger partial charge in [0.05, 0.1) is 0 Å². The van der Waals surface area contributed by atoms with Crippen LogP contribution >= 0.6 is 0 Å². The van der Waals surface area contributed by atoms with Gasteiger partial charge in [-0.15, -0.1) is 0 Å². The van der Waals surface area contributed by atoms with E-state index in [9.17, 15) is 14.4 Å². The first-order valence-electron chi connectivity index (χ1n) is 26.3. The Bertz CT molecular complexity index is 1130. The van der Waals surface area contributed by atoms with Crippen molar-refractivity contribution in [2.75, 3.05) is 13.2 Å². The molecule has 0 N–H and O–H groups in total. The first-order chi connectivity index (χ1) is 30.5. The molecule has 0 saturated heterocycles. The second kappa shape index (κ2) is 50.8. The zero-order valence-electron chi connectivity index (χ0n) is 40.9. The van der Waals surface area contributed by atoms with Crippen LogP contribution in [0.1, 0.15) is 258 Å². The lowest BCUT2D eigenvalue weighted by atomic mass is 10.1. The molecule has 0 radical (unpaired) electrons. The Labute approximate surface area is 383 Å². The highest BCUT2D eigenvalue weighted by Crippen LogP contribution is 2.14. The highest BCUT2D eigenvalue weighted by Gasteiger charge is 2.19. The highest BCUT2D eigenvalue weighted by molar-refractivity contribution is 5.71. The van der Waals surface area contributed by atoms with Gasteiger partial charge in [-0.05, 0) is 103 Å². The van der Waals surface area contributed by atoms with Crippen LogP contribution in [-0.2, 0) is 28.6 Å². The normalized spacial score (nSPS) is 12.5. The maximum atomic E-state index is 12.8. The van der Waals surface area contributed by atoms with E-state index in [1.807, 2.05) is 0 Å². The topological polar surface area (TPSA) is 78.9 Å². The average Bonchev–Trinajstić information content (AvgIpc) is 3.27. The Hall–Kier alpha value is -2.89. The zero-order valence-corrected chi connectivity index (χ0v) is 40.9. The minimum Gasteiger partial charge on any atom is -0.462 e. The lowest BCUT2D eigenvalue weighted by Gasteiger charge is -2.18. The molecule has 1 atom stereocenters. The Morgan fingerprint density at radius 3 is 1.02 bits per heavy atom. The van der Waals surface area contributed by atoms with Crippen LogP contribution in [0.5, 0.6) is 0 Å². The molecule has 0 aromatic carbocycles. The summed E-state index contributed by atoms with van der Waals surface area (Å²) >= 11 is 0. The van der Waals surface area contributed by atoms with Crippen LogP contribution in [0.2, 0.25) is 0 Å². The summed E-state index contributed by atoms with van der Waals surface area (Å²) in [5.74, 6) is -0.907. The third kappa shape index (κ3) is 48.1. The molecule has 0 amide bonds. The summed E-state index contributed by atoms with van der Waals surface area (Å²) in [6.07, 6.45) is 62.0. The van der Waals surface area contributed by atoms with Crippen molar-refractivity contribution in [2.45, 2.75) is 264 Å². The molecule has 0 spiro atoms. The minimum atomic E-state index is -0.784. The van der Waals surface area contributed by atoms with Crippen LogP contribution < -0.4 is 0 Å². The third-order valence-corrected chi connectivity index (χ3v) is 11.2. The van der Waals surface area contributed by atoms with E-state index in [1.165, 1.54) is 116 Å². The standard InChI is InChI=1S/C56H98O6/c1-4-7-10-13-16-19-22-25-27-28-30-31-34-37-40-43-46-49-55(58)61-52-53(51-60-54(57)48-45-42-39-36-33-24-21-18-15-12-9-6-3)62-56(59)50-47-44-41-38-35-32-29-26-23-20-17-14-11-8-5-2/h9,12,16,18-21,23,25,27,53H,4-8,10-11,13-15,17,22,24,26,28-52H2,1-3H3/b12-9-,19-16-,21-18-,23-20-,27-25-. The van der Waals surface area contributed by atoms with Gasteiger partial charge in [0, 0.05) is 19.3 Å². The van der Waals surface area contributed by atoms with Crippen molar-refractivity contribution in [2.24, 2.45) is 0 Å². The van der Waals surface area contributed by atoms with Crippen LogP contribution in [-0.4, -0.2) is 37.2 Å². The molecule has 0 fully saturated rings. The summed E-state index contributed by atoms with van der Waals surface area (Å²) in [5.41, 5.74) is 0. The lowest BCUT2D eigenvalue weighted by molar-refractivity contribution is -0.167. The van der Waals surface area contributed by atoms with E-state index >= 15 is 0 Å². The van der Waals surface area contributed by atoms with Crippen molar-refractivity contribution in [3.8, 4) is 0 Å². The number of esters is 3. The Kier molecular flexibility index (Phi) is 48.4. The summed E-state index contributed by atoms with van der Waals surface area (Å²) in [7, 11) is 0. The van der Waals surface area contributed by atoms with Crippen LogP contribution in [0, 0.1) is 0 Å². The predicted octanol–water partition coefficient (Wildman–Crippen LogP) is 17.3. The number of rotatable bonds is 47. The molecular weight excluding hydrogens is 769 g/mol. The molecule has 1 unspecified atom stereocenters. The SMILES string of the molecule is CC/C=C\C/C=C\CCCCCCCC(=O)OCC(COC(=O)CCCCCCCCC/C=C\C/C=C\CCCCC)OC(=O)CCCCCCCCC/C=C\CCCCCC. The van der Waals surface area contributed by atoms with Crippen LogP contribution in [0.4, 0.5) is 0 Å². The molecule has 0 aliphatic heterocycles. The molecule has 358 valence electrons. The molecule has 6 nitrogen and oxygen atoms in total. The first kappa shape index (κ1) is 59.1. The molecule has 0 rings (SSSR count). The molecule has 0 aliphatic rings. The highest BCUT2D eigenvalue weighted by atomic mass is 16.6. The molecule has 0 aromatic heterocycles. The van der Waals surface area contributed by atoms with E-state index in [2.05, 4.69) is 81.5 Å². The van der Waals surface area contributed by atoms with Crippen LogP contribution in [0.3, 0.4) is 0 Å². The molecule has 0 aliphatic carbocycles. The fourth-order valence-electron chi connectivity index (χ4n) is 7.27. The third-order valence-electron chi connectivity index (χ3n) is 11.2. The van der Waals surface area contributed by atoms with E-state index < -0.39 is 6.10 Å². The van der Waals surface area contributed by atoms with E-state index in [-0.39, 0.29) is 31.1 Å². The maximum absolute atomic E-state index is 12.8. The monoisotopic (exact) mass is 867 g/mol. The number of unbranched alkanes of at least 4 members (excludes halogenated alkanes) is 26. The molecule has 62 heavy (non-hydrogen) atoms. The average molecular weight is 867 g/mol. The van der Waals surface area contributed by atoms with Gasteiger partial charge in [0.1, 0.15) is 13.2 Å². The van der Waals surface area contributed by atoms with Crippen LogP contribution in [0.25, 0.3) is 0 Å². The number of allylic oxidation sites excluding steroid dienone is 10. The second-order valence-corrected chi connectivity index (χ2v) is 17.4. The lowest BCUT2D eigenvalue weighted by Crippen LogP contribution is -2.30. The Morgan fingerprint density at radius 1 is 0.339 bits per heavy atom. The number of carbonyl (C=O) groups excluding carboxylic acids is 3. The van der Waals surface area contributed by atoms with Gasteiger partial charge < -0.3 is 14.2 Å². The largest absolute Gasteiger partial charge is 0.462 e. The van der Waals surface area contributed by atoms with Crippen LogP contribution in [0.15, 0.2) is 60.8 Å². The van der Waals surface area contributed by atoms with E-state index in [0.29, 0.717) is 19.3 Å². The zero-order chi connectivity index (χ0) is 45.1. The van der Waals surface area contributed by atoms with Gasteiger partial charge in [-0.3, -0.25) is 14.4 Å². The fourth-order valence-corrected chi connectivity index (χ4v) is 7.27. The number of hydrogen-bond donors (Lipinski definition) is 0. The summed E-state index contributed by atoms with van der Waals surface area (Å²) in [4.78, 5) is 38.0. The second-order valence-electron chi connectivity index (χ2n) is 17.4. The number of carbonyl (C=O) groups is 3. The summed E-state index contributed by atoms with van der Waals surface area (Å²) in [6.45, 7) is 6.48. The molecule has 0 saturated carbocycles. The summed E-state index contributed by atoms with van der Waals surface area (Å²) in [6, 6.07) is 0. The van der Waals surface area contributed by atoms with E-state index in [1.54, 1.807) is 0 Å². The van der Waals surface area contributed by atoms with Crippen molar-refractivity contribution in [1.29, 1.82) is 0 Å². The van der Waals surface area contributed by atoms with Gasteiger partial charge in [0.2, 0.25) is 0 Å². The fraction of sp³-hybridized carbons (Fsp3) is 0.768. The first-order valence-corrected chi connectivity index (χ1v) is 26.3.